The third-order valence-corrected chi connectivity index (χ3v) is 8.65. The molecule has 5 amide bonds. The number of benzene rings is 2. The molecular formula is C40H45F3N4O13. The van der Waals surface area contributed by atoms with E-state index in [-0.39, 0.29) is 61.2 Å². The van der Waals surface area contributed by atoms with Gasteiger partial charge in [-0.25, -0.2) is 0 Å². The predicted octanol–water partition coefficient (Wildman–Crippen LogP) is 3.34. The molecular weight excluding hydrogens is 801 g/mol. The lowest BCUT2D eigenvalue weighted by Gasteiger charge is -2.27. The largest absolute Gasteiger partial charge is 0.491 e. The molecule has 5 rings (SSSR count). The predicted molar refractivity (Wildman–Crippen MR) is 202 cm³/mol. The number of piperidine rings is 1. The van der Waals surface area contributed by atoms with Gasteiger partial charge in [0.15, 0.2) is 6.61 Å². The Morgan fingerprint density at radius 1 is 0.700 bits per heavy atom. The molecule has 324 valence electrons. The number of imide groups is 2. The Labute approximate surface area is 342 Å². The minimum atomic E-state index is -4.53. The van der Waals surface area contributed by atoms with Gasteiger partial charge in [0.1, 0.15) is 35.6 Å². The summed E-state index contributed by atoms with van der Waals surface area (Å²) in [5.74, 6) is -1.66. The summed E-state index contributed by atoms with van der Waals surface area (Å²) in [7, 11) is 0. The first-order chi connectivity index (χ1) is 29.0. The van der Waals surface area contributed by atoms with E-state index in [1.54, 1.807) is 6.07 Å². The van der Waals surface area contributed by atoms with Crippen molar-refractivity contribution in [3.05, 3.63) is 77.6 Å². The average molecular weight is 847 g/mol. The SMILES string of the molecule is O=C(COc1ccc(Oc2cncc(C(F)(F)F)c2)cc1)NCCCOCCOCCOCCOCCOCCOc1ccc2c(c1)C(=O)N(C1CCC(=O)NC1=O)C2=O. The Hall–Kier alpha value is -5.67. The van der Waals surface area contributed by atoms with Crippen LogP contribution in [-0.4, -0.2) is 131 Å². The number of alkyl halides is 3. The summed E-state index contributed by atoms with van der Waals surface area (Å²) in [6.45, 7) is 4.02. The summed E-state index contributed by atoms with van der Waals surface area (Å²) < 4.78 is 82.6. The second kappa shape index (κ2) is 23.2. The van der Waals surface area contributed by atoms with Crippen molar-refractivity contribution in [2.45, 2.75) is 31.5 Å². The number of hydrogen-bond acceptors (Lipinski definition) is 14. The third-order valence-electron chi connectivity index (χ3n) is 8.65. The fourth-order valence-electron chi connectivity index (χ4n) is 5.71. The van der Waals surface area contributed by atoms with Crippen LogP contribution in [0.4, 0.5) is 13.2 Å². The molecule has 2 aliphatic rings. The lowest BCUT2D eigenvalue weighted by molar-refractivity contribution is -0.138. The molecule has 0 bridgehead atoms. The number of rotatable bonds is 26. The Balaban J connectivity index is 0.773. The highest BCUT2D eigenvalue weighted by Gasteiger charge is 2.44. The molecule has 20 heteroatoms. The van der Waals surface area contributed by atoms with Crippen LogP contribution in [0.1, 0.15) is 45.5 Å². The maximum Gasteiger partial charge on any atom is 0.418 e. The zero-order valence-corrected chi connectivity index (χ0v) is 32.5. The van der Waals surface area contributed by atoms with Crippen molar-refractivity contribution in [1.82, 2.24) is 20.5 Å². The van der Waals surface area contributed by atoms with Crippen molar-refractivity contribution >= 4 is 29.5 Å². The third kappa shape index (κ3) is 14.3. The number of hydrogen-bond donors (Lipinski definition) is 2. The quantitative estimate of drug-likeness (QED) is 0.0881. The van der Waals surface area contributed by atoms with Crippen LogP contribution in [-0.2, 0) is 44.2 Å². The van der Waals surface area contributed by atoms with Crippen LogP contribution in [0.5, 0.6) is 23.0 Å². The molecule has 1 atom stereocenters. The van der Waals surface area contributed by atoms with Gasteiger partial charge in [-0.2, -0.15) is 13.2 Å². The van der Waals surface area contributed by atoms with Crippen LogP contribution in [0.15, 0.2) is 60.9 Å². The van der Waals surface area contributed by atoms with Gasteiger partial charge in [-0.1, -0.05) is 0 Å². The van der Waals surface area contributed by atoms with Crippen molar-refractivity contribution < 1.29 is 75.0 Å². The molecule has 1 saturated heterocycles. The molecule has 17 nitrogen and oxygen atoms in total. The van der Waals surface area contributed by atoms with Gasteiger partial charge in [0.05, 0.1) is 82.3 Å². The molecule has 1 aromatic heterocycles. The summed E-state index contributed by atoms with van der Waals surface area (Å²) in [4.78, 5) is 65.9. The average Bonchev–Trinajstić information content (AvgIpc) is 3.47. The van der Waals surface area contributed by atoms with Crippen LogP contribution < -0.4 is 24.8 Å². The highest BCUT2D eigenvalue weighted by molar-refractivity contribution is 6.23. The fourth-order valence-corrected chi connectivity index (χ4v) is 5.71. The van der Waals surface area contributed by atoms with Crippen molar-refractivity contribution in [3.63, 3.8) is 0 Å². The van der Waals surface area contributed by atoms with Gasteiger partial charge in [0.25, 0.3) is 17.7 Å². The van der Waals surface area contributed by atoms with Crippen molar-refractivity contribution in [1.29, 1.82) is 0 Å². The van der Waals surface area contributed by atoms with E-state index in [0.29, 0.717) is 90.1 Å². The lowest BCUT2D eigenvalue weighted by atomic mass is 10.0. The summed E-state index contributed by atoms with van der Waals surface area (Å²) in [6.07, 6.45) is -1.93. The topological polar surface area (TPSA) is 199 Å². The number of amides is 5. The minimum Gasteiger partial charge on any atom is -0.491 e. The first kappa shape index (κ1) is 45.4. The smallest absolute Gasteiger partial charge is 0.418 e. The molecule has 3 heterocycles. The number of ether oxygens (including phenoxy) is 8. The normalized spacial score (nSPS) is 15.2. The van der Waals surface area contributed by atoms with E-state index in [1.165, 1.54) is 42.6 Å². The molecule has 0 spiro atoms. The first-order valence-electron chi connectivity index (χ1n) is 19.1. The van der Waals surface area contributed by atoms with Crippen LogP contribution in [0, 0.1) is 0 Å². The number of carbonyl (C=O) groups excluding carboxylic acids is 5. The summed E-state index contributed by atoms with van der Waals surface area (Å²) in [5, 5.41) is 4.89. The maximum atomic E-state index is 12.9. The summed E-state index contributed by atoms with van der Waals surface area (Å²) in [5.41, 5.74) is -0.610. The Morgan fingerprint density at radius 3 is 1.92 bits per heavy atom. The summed E-state index contributed by atoms with van der Waals surface area (Å²) in [6, 6.07) is 10.4. The van der Waals surface area contributed by atoms with Gasteiger partial charge in [-0.15, -0.1) is 0 Å². The molecule has 0 saturated carbocycles. The Morgan fingerprint density at radius 2 is 1.28 bits per heavy atom. The molecule has 2 aliphatic heterocycles. The number of halogens is 3. The molecule has 1 fully saturated rings. The van der Waals surface area contributed by atoms with E-state index in [1.807, 2.05) is 0 Å². The molecule has 60 heavy (non-hydrogen) atoms. The summed E-state index contributed by atoms with van der Waals surface area (Å²) >= 11 is 0. The number of nitrogens with zero attached hydrogens (tertiary/aromatic N) is 2. The number of fused-ring (bicyclic) bond motifs is 1. The maximum absolute atomic E-state index is 12.9. The van der Waals surface area contributed by atoms with Crippen LogP contribution in [0.2, 0.25) is 0 Å². The van der Waals surface area contributed by atoms with E-state index in [9.17, 15) is 37.1 Å². The van der Waals surface area contributed by atoms with Gasteiger partial charge >= 0.3 is 6.18 Å². The fraction of sp³-hybridized carbons (Fsp3) is 0.450. The van der Waals surface area contributed by atoms with Gasteiger partial charge in [0.2, 0.25) is 11.8 Å². The van der Waals surface area contributed by atoms with Crippen molar-refractivity contribution in [2.75, 3.05) is 85.8 Å². The van der Waals surface area contributed by atoms with E-state index >= 15 is 0 Å². The second-order valence-electron chi connectivity index (χ2n) is 13.0. The first-order valence-corrected chi connectivity index (χ1v) is 19.1. The van der Waals surface area contributed by atoms with Crippen molar-refractivity contribution in [3.8, 4) is 23.0 Å². The molecule has 0 aliphatic carbocycles. The van der Waals surface area contributed by atoms with E-state index in [2.05, 4.69) is 15.6 Å². The number of pyridine rings is 1. The second-order valence-corrected chi connectivity index (χ2v) is 13.0. The van der Waals surface area contributed by atoms with E-state index in [0.717, 1.165) is 11.0 Å². The Kier molecular flexibility index (Phi) is 17.6. The highest BCUT2D eigenvalue weighted by atomic mass is 19.4. The van der Waals surface area contributed by atoms with Gasteiger partial charge in [-0.05, 0) is 61.4 Å². The zero-order valence-electron chi connectivity index (χ0n) is 32.5. The number of carbonyl (C=O) groups is 5. The van der Waals surface area contributed by atoms with Gasteiger partial charge < -0.3 is 43.2 Å². The Bertz CT molecular complexity index is 1920. The molecule has 2 N–H and O–H groups in total. The molecule has 1 unspecified atom stereocenters. The highest BCUT2D eigenvalue weighted by Crippen LogP contribution is 2.33. The minimum absolute atomic E-state index is 0.0454. The zero-order chi connectivity index (χ0) is 42.7. The monoisotopic (exact) mass is 846 g/mol. The molecule has 2 aromatic carbocycles. The van der Waals surface area contributed by atoms with Crippen LogP contribution in [0.3, 0.4) is 0 Å². The lowest BCUT2D eigenvalue weighted by Crippen LogP contribution is -2.54. The van der Waals surface area contributed by atoms with E-state index < -0.39 is 41.4 Å². The van der Waals surface area contributed by atoms with Crippen LogP contribution >= 0.6 is 0 Å². The number of nitrogens with one attached hydrogen (secondary N) is 2. The standard InChI is InChI=1S/C40H45F3N4O13/c41-40(42,43)27-22-31(25-44-24-27)60-29-4-2-28(3-5-29)59-26-36(49)45-10-1-11-53-12-13-54-14-15-55-16-17-56-18-19-57-20-21-58-30-6-7-32-33(23-30)39(52)47(38(32)51)34-8-9-35(48)46-37(34)50/h2-7,22-25,34H,1,8-21,26H2,(H,45,49)(H,46,48,50). The van der Waals surface area contributed by atoms with Crippen molar-refractivity contribution in [2.24, 2.45) is 0 Å². The molecule has 0 radical (unpaired) electrons. The van der Waals surface area contributed by atoms with E-state index in [4.69, 9.17) is 37.9 Å². The van der Waals surface area contributed by atoms with Gasteiger partial charge in [-0.3, -0.25) is 39.2 Å². The number of aromatic nitrogens is 1. The molecule has 3 aromatic rings. The van der Waals surface area contributed by atoms with Crippen LogP contribution in [0.25, 0.3) is 0 Å². The van der Waals surface area contributed by atoms with Gasteiger partial charge in [0, 0.05) is 25.8 Å².